The summed E-state index contributed by atoms with van der Waals surface area (Å²) in [5.74, 6) is 1.68. The van der Waals surface area contributed by atoms with Crippen LogP contribution in [0.25, 0.3) is 21.3 Å². The third-order valence-electron chi connectivity index (χ3n) is 4.63. The van der Waals surface area contributed by atoms with Gasteiger partial charge in [-0.2, -0.15) is 0 Å². The second-order valence-corrected chi connectivity index (χ2v) is 7.01. The number of thiophene rings is 1. The van der Waals surface area contributed by atoms with Crippen molar-refractivity contribution in [3.05, 3.63) is 65.3 Å². The highest BCUT2D eigenvalue weighted by Crippen LogP contribution is 2.38. The number of nitrogens with zero attached hydrogens (tertiary/aromatic N) is 2. The lowest BCUT2D eigenvalue weighted by Gasteiger charge is -2.12. The molecule has 0 atom stereocenters. The minimum absolute atomic E-state index is 0.829. The molecule has 2 aromatic carbocycles. The van der Waals surface area contributed by atoms with Crippen LogP contribution in [0.2, 0.25) is 0 Å². The van der Waals surface area contributed by atoms with Gasteiger partial charge in [-0.3, -0.25) is 0 Å². The highest BCUT2D eigenvalue weighted by atomic mass is 32.1. The van der Waals surface area contributed by atoms with Gasteiger partial charge in [0.15, 0.2) is 0 Å². The van der Waals surface area contributed by atoms with Crippen molar-refractivity contribution < 1.29 is 4.74 Å². The van der Waals surface area contributed by atoms with Crippen molar-refractivity contribution in [2.75, 3.05) is 12.4 Å². The summed E-state index contributed by atoms with van der Waals surface area (Å²) in [7, 11) is 1.68. The molecule has 0 radical (unpaired) electrons. The first-order valence-corrected chi connectivity index (χ1v) is 9.25. The zero-order chi connectivity index (χ0) is 18.1. The normalized spacial score (nSPS) is 10.9. The zero-order valence-corrected chi connectivity index (χ0v) is 15.7. The van der Waals surface area contributed by atoms with Gasteiger partial charge in [-0.15, -0.1) is 11.3 Å². The maximum atomic E-state index is 5.27. The fraction of sp³-hybridized carbons (Fsp3) is 0.143. The second kappa shape index (κ2) is 6.77. The number of anilines is 2. The second-order valence-electron chi connectivity index (χ2n) is 6.15. The van der Waals surface area contributed by atoms with Gasteiger partial charge in [0.05, 0.1) is 12.5 Å². The quantitative estimate of drug-likeness (QED) is 0.504. The third kappa shape index (κ3) is 2.91. The fourth-order valence-corrected chi connectivity index (χ4v) is 3.88. The van der Waals surface area contributed by atoms with Gasteiger partial charge in [0.25, 0.3) is 0 Å². The zero-order valence-electron chi connectivity index (χ0n) is 14.9. The smallest absolute Gasteiger partial charge is 0.143 e. The first-order valence-electron chi connectivity index (χ1n) is 8.37. The Kier molecular flexibility index (Phi) is 4.31. The molecule has 0 saturated heterocycles. The van der Waals surface area contributed by atoms with E-state index in [0.29, 0.717) is 0 Å². The third-order valence-corrected chi connectivity index (χ3v) is 5.52. The molecule has 4 nitrogen and oxygen atoms in total. The van der Waals surface area contributed by atoms with E-state index >= 15 is 0 Å². The van der Waals surface area contributed by atoms with Crippen LogP contribution in [0.15, 0.2) is 54.2 Å². The van der Waals surface area contributed by atoms with Crippen molar-refractivity contribution in [3.8, 4) is 16.9 Å². The van der Waals surface area contributed by atoms with Crippen molar-refractivity contribution >= 4 is 33.1 Å². The van der Waals surface area contributed by atoms with Crippen LogP contribution in [0.5, 0.6) is 5.75 Å². The van der Waals surface area contributed by atoms with E-state index in [1.807, 2.05) is 12.1 Å². The van der Waals surface area contributed by atoms with E-state index < -0.39 is 0 Å². The van der Waals surface area contributed by atoms with E-state index in [1.165, 1.54) is 11.1 Å². The number of hydrogen-bond acceptors (Lipinski definition) is 5. The molecule has 0 spiro atoms. The Labute approximate surface area is 156 Å². The van der Waals surface area contributed by atoms with Gasteiger partial charge in [0.1, 0.15) is 22.7 Å². The van der Waals surface area contributed by atoms with Gasteiger partial charge < -0.3 is 10.1 Å². The van der Waals surface area contributed by atoms with Gasteiger partial charge in [-0.1, -0.05) is 24.3 Å². The fourth-order valence-electron chi connectivity index (χ4n) is 2.97. The number of aromatic nitrogens is 2. The molecule has 0 aliphatic rings. The number of fused-ring (bicyclic) bond motifs is 1. The van der Waals surface area contributed by atoms with Crippen molar-refractivity contribution in [3.63, 3.8) is 0 Å². The Morgan fingerprint density at radius 2 is 1.81 bits per heavy atom. The van der Waals surface area contributed by atoms with Crippen LogP contribution < -0.4 is 10.1 Å². The largest absolute Gasteiger partial charge is 0.497 e. The van der Waals surface area contributed by atoms with E-state index in [9.17, 15) is 0 Å². The van der Waals surface area contributed by atoms with E-state index in [2.05, 4.69) is 64.8 Å². The first-order chi connectivity index (χ1) is 12.7. The molecule has 0 unspecified atom stereocenters. The maximum Gasteiger partial charge on any atom is 0.143 e. The molecule has 5 heteroatoms. The average molecular weight is 361 g/mol. The number of rotatable bonds is 4. The average Bonchev–Trinajstić information content (AvgIpc) is 3.11. The summed E-state index contributed by atoms with van der Waals surface area (Å²) in [5.41, 5.74) is 5.79. The lowest BCUT2D eigenvalue weighted by atomic mass is 10.1. The Hall–Kier alpha value is -2.92. The lowest BCUT2D eigenvalue weighted by molar-refractivity contribution is 0.415. The predicted octanol–water partition coefficient (Wildman–Crippen LogP) is 5.73. The van der Waals surface area contributed by atoms with Crippen LogP contribution in [0.3, 0.4) is 0 Å². The SMILES string of the molecule is COc1ccc(-c2csc3ncnc(Nc4cccc(C)c4C)c23)cc1. The van der Waals surface area contributed by atoms with Crippen LogP contribution in [0, 0.1) is 13.8 Å². The van der Waals surface area contributed by atoms with Crippen LogP contribution >= 0.6 is 11.3 Å². The molecule has 2 heterocycles. The summed E-state index contributed by atoms with van der Waals surface area (Å²) in [6.07, 6.45) is 1.62. The maximum absolute atomic E-state index is 5.27. The van der Waals surface area contributed by atoms with Crippen molar-refractivity contribution in [1.82, 2.24) is 9.97 Å². The number of methoxy groups -OCH3 is 1. The summed E-state index contributed by atoms with van der Waals surface area (Å²) in [5, 5.41) is 6.69. The predicted molar refractivity (Wildman–Crippen MR) is 109 cm³/mol. The van der Waals surface area contributed by atoms with Crippen LogP contribution in [-0.2, 0) is 0 Å². The van der Waals surface area contributed by atoms with Gasteiger partial charge in [-0.05, 0) is 48.7 Å². The monoisotopic (exact) mass is 361 g/mol. The Bertz CT molecular complexity index is 1070. The molecule has 26 heavy (non-hydrogen) atoms. The first kappa shape index (κ1) is 16.5. The van der Waals surface area contributed by atoms with Crippen molar-refractivity contribution in [2.24, 2.45) is 0 Å². The molecule has 0 aliphatic heterocycles. The number of benzene rings is 2. The summed E-state index contributed by atoms with van der Waals surface area (Å²) in [6, 6.07) is 14.3. The molecule has 4 rings (SSSR count). The molecule has 1 N–H and O–H groups in total. The summed E-state index contributed by atoms with van der Waals surface area (Å²) in [4.78, 5) is 9.94. The molecule has 130 valence electrons. The molecule has 4 aromatic rings. The van der Waals surface area contributed by atoms with Gasteiger partial charge in [0.2, 0.25) is 0 Å². The molecular formula is C21H19N3OS. The molecule has 0 bridgehead atoms. The van der Waals surface area contributed by atoms with Crippen LogP contribution in [0.1, 0.15) is 11.1 Å². The minimum Gasteiger partial charge on any atom is -0.497 e. The van der Waals surface area contributed by atoms with Gasteiger partial charge >= 0.3 is 0 Å². The van der Waals surface area contributed by atoms with E-state index in [1.54, 1.807) is 24.8 Å². The van der Waals surface area contributed by atoms with Crippen LogP contribution in [-0.4, -0.2) is 17.1 Å². The molecule has 0 aliphatic carbocycles. The Morgan fingerprint density at radius 1 is 1.00 bits per heavy atom. The number of hydrogen-bond donors (Lipinski definition) is 1. The lowest BCUT2D eigenvalue weighted by Crippen LogP contribution is -1.98. The topological polar surface area (TPSA) is 47.0 Å². The molecule has 0 saturated carbocycles. The Morgan fingerprint density at radius 3 is 2.58 bits per heavy atom. The number of nitrogens with one attached hydrogen (secondary N) is 1. The van der Waals surface area contributed by atoms with Crippen LogP contribution in [0.4, 0.5) is 11.5 Å². The molecule has 0 fully saturated rings. The van der Waals surface area contributed by atoms with Gasteiger partial charge in [-0.25, -0.2) is 9.97 Å². The van der Waals surface area contributed by atoms with Gasteiger partial charge in [0, 0.05) is 16.6 Å². The number of ether oxygens (including phenoxy) is 1. The highest BCUT2D eigenvalue weighted by molar-refractivity contribution is 7.17. The van der Waals surface area contributed by atoms with Crippen molar-refractivity contribution in [2.45, 2.75) is 13.8 Å². The summed E-state index contributed by atoms with van der Waals surface area (Å²) in [6.45, 7) is 4.23. The van der Waals surface area contributed by atoms with E-state index in [4.69, 9.17) is 4.74 Å². The van der Waals surface area contributed by atoms with Crippen molar-refractivity contribution in [1.29, 1.82) is 0 Å². The summed E-state index contributed by atoms with van der Waals surface area (Å²) >= 11 is 1.63. The molecule has 0 amide bonds. The Balaban J connectivity index is 1.82. The molecule has 2 aromatic heterocycles. The number of aryl methyl sites for hydroxylation is 1. The molecular weight excluding hydrogens is 342 g/mol. The minimum atomic E-state index is 0.829. The standard InChI is InChI=1S/C21H19N3OS/c1-13-5-4-6-18(14(13)2)24-20-19-17(11-26-21(19)23-12-22-20)15-7-9-16(25-3)10-8-15/h4-12H,1-3H3,(H,22,23,24). The summed E-state index contributed by atoms with van der Waals surface area (Å²) < 4.78 is 5.27. The van der Waals surface area contributed by atoms with E-state index in [-0.39, 0.29) is 0 Å². The van der Waals surface area contributed by atoms with E-state index in [0.717, 1.165) is 38.6 Å². The highest BCUT2D eigenvalue weighted by Gasteiger charge is 2.14.